The third-order valence-electron chi connectivity index (χ3n) is 3.22. The molecule has 0 bridgehead atoms. The van der Waals surface area contributed by atoms with Crippen molar-refractivity contribution in [1.29, 1.82) is 0 Å². The van der Waals surface area contributed by atoms with Gasteiger partial charge in [0.25, 0.3) is 0 Å². The molecule has 1 heterocycles. The van der Waals surface area contributed by atoms with Gasteiger partial charge in [0.05, 0.1) is 12.6 Å². The Morgan fingerprint density at radius 2 is 2.10 bits per heavy atom. The van der Waals surface area contributed by atoms with E-state index in [2.05, 4.69) is 15.6 Å². The summed E-state index contributed by atoms with van der Waals surface area (Å²) in [5.74, 6) is 1.08. The highest BCUT2D eigenvalue weighted by atomic mass is 127. The van der Waals surface area contributed by atoms with Crippen LogP contribution in [0, 0.1) is 0 Å². The first-order valence-electron chi connectivity index (χ1n) is 7.19. The lowest BCUT2D eigenvalue weighted by molar-refractivity contribution is 0.114. The molecule has 0 aromatic heterocycles. The third kappa shape index (κ3) is 6.52. The SMILES string of the molecule is CCNC(=NCc1ccc(O)cc1)NCC1CCCO1.I. The second-order valence-electron chi connectivity index (χ2n) is 4.88. The van der Waals surface area contributed by atoms with Crippen LogP contribution in [0.25, 0.3) is 0 Å². The number of aromatic hydroxyl groups is 1. The van der Waals surface area contributed by atoms with Crippen molar-refractivity contribution in [3.8, 4) is 5.75 Å². The number of guanidine groups is 1. The van der Waals surface area contributed by atoms with Crippen LogP contribution >= 0.6 is 24.0 Å². The summed E-state index contributed by atoms with van der Waals surface area (Å²) in [4.78, 5) is 4.53. The Morgan fingerprint density at radius 1 is 1.33 bits per heavy atom. The Balaban J connectivity index is 0.00000220. The zero-order chi connectivity index (χ0) is 14.2. The number of hydrogen-bond donors (Lipinski definition) is 3. The summed E-state index contributed by atoms with van der Waals surface area (Å²) in [7, 11) is 0. The number of halogens is 1. The van der Waals surface area contributed by atoms with Crippen LogP contribution in [0.3, 0.4) is 0 Å². The predicted octanol–water partition coefficient (Wildman–Crippen LogP) is 2.24. The number of phenols is 1. The van der Waals surface area contributed by atoms with E-state index in [0.29, 0.717) is 12.6 Å². The summed E-state index contributed by atoms with van der Waals surface area (Å²) in [6, 6.07) is 7.11. The molecule has 1 aromatic carbocycles. The summed E-state index contributed by atoms with van der Waals surface area (Å²) >= 11 is 0. The Kier molecular flexibility index (Phi) is 8.44. The number of benzene rings is 1. The molecule has 1 aliphatic rings. The van der Waals surface area contributed by atoms with Gasteiger partial charge in [0.1, 0.15) is 5.75 Å². The first-order valence-corrected chi connectivity index (χ1v) is 7.19. The standard InChI is InChI=1S/C15H23N3O2.HI/c1-2-16-15(18-11-14-4-3-9-20-14)17-10-12-5-7-13(19)8-6-12;/h5-8,14,19H,2-4,9-11H2,1H3,(H2,16,17,18);1H. The van der Waals surface area contributed by atoms with E-state index in [1.54, 1.807) is 12.1 Å². The van der Waals surface area contributed by atoms with Crippen LogP contribution in [0.2, 0.25) is 0 Å². The highest BCUT2D eigenvalue weighted by molar-refractivity contribution is 14.0. The summed E-state index contributed by atoms with van der Waals surface area (Å²) in [5, 5.41) is 15.8. The number of nitrogens with zero attached hydrogens (tertiary/aromatic N) is 1. The molecule has 1 aliphatic heterocycles. The molecule has 118 valence electrons. The van der Waals surface area contributed by atoms with E-state index in [0.717, 1.165) is 44.1 Å². The normalized spacial score (nSPS) is 18.1. The average molecular weight is 405 g/mol. The van der Waals surface area contributed by atoms with E-state index >= 15 is 0 Å². The molecule has 0 saturated carbocycles. The van der Waals surface area contributed by atoms with Crippen molar-refractivity contribution in [3.05, 3.63) is 29.8 Å². The van der Waals surface area contributed by atoms with Crippen LogP contribution in [0.1, 0.15) is 25.3 Å². The first-order chi connectivity index (χ1) is 9.78. The first kappa shape index (κ1) is 18.0. The fourth-order valence-electron chi connectivity index (χ4n) is 2.13. The highest BCUT2D eigenvalue weighted by Gasteiger charge is 2.15. The smallest absolute Gasteiger partial charge is 0.191 e. The van der Waals surface area contributed by atoms with Crippen LogP contribution in [-0.4, -0.2) is 36.9 Å². The molecule has 1 aromatic rings. The van der Waals surface area contributed by atoms with Gasteiger partial charge in [0.2, 0.25) is 0 Å². The molecule has 1 fully saturated rings. The van der Waals surface area contributed by atoms with Gasteiger partial charge in [-0.05, 0) is 37.5 Å². The lowest BCUT2D eigenvalue weighted by Gasteiger charge is -2.14. The zero-order valence-corrected chi connectivity index (χ0v) is 14.7. The minimum atomic E-state index is 0. The van der Waals surface area contributed by atoms with E-state index in [4.69, 9.17) is 4.74 Å². The molecule has 1 unspecified atom stereocenters. The van der Waals surface area contributed by atoms with Gasteiger partial charge in [-0.2, -0.15) is 0 Å². The molecule has 2 rings (SSSR count). The van der Waals surface area contributed by atoms with Crippen LogP contribution in [0.15, 0.2) is 29.3 Å². The third-order valence-corrected chi connectivity index (χ3v) is 3.22. The van der Waals surface area contributed by atoms with E-state index in [1.807, 2.05) is 19.1 Å². The molecule has 0 spiro atoms. The lowest BCUT2D eigenvalue weighted by Crippen LogP contribution is -2.41. The maximum absolute atomic E-state index is 9.25. The second kappa shape index (κ2) is 9.83. The molecule has 0 radical (unpaired) electrons. The van der Waals surface area contributed by atoms with Crippen molar-refractivity contribution >= 4 is 29.9 Å². The summed E-state index contributed by atoms with van der Waals surface area (Å²) in [6.07, 6.45) is 2.56. The van der Waals surface area contributed by atoms with Gasteiger partial charge in [0.15, 0.2) is 5.96 Å². The van der Waals surface area contributed by atoms with Crippen LogP contribution in [0.4, 0.5) is 0 Å². The van der Waals surface area contributed by atoms with E-state index < -0.39 is 0 Å². The van der Waals surface area contributed by atoms with Crippen LogP contribution < -0.4 is 10.6 Å². The molecule has 1 saturated heterocycles. The lowest BCUT2D eigenvalue weighted by atomic mass is 10.2. The minimum absolute atomic E-state index is 0. The van der Waals surface area contributed by atoms with Crippen molar-refractivity contribution in [2.24, 2.45) is 4.99 Å². The van der Waals surface area contributed by atoms with Gasteiger partial charge >= 0.3 is 0 Å². The maximum atomic E-state index is 9.25. The van der Waals surface area contributed by atoms with Crippen LogP contribution in [-0.2, 0) is 11.3 Å². The van der Waals surface area contributed by atoms with E-state index in [9.17, 15) is 5.11 Å². The molecule has 5 nitrogen and oxygen atoms in total. The molecule has 3 N–H and O–H groups in total. The fraction of sp³-hybridized carbons (Fsp3) is 0.533. The monoisotopic (exact) mass is 405 g/mol. The molecular weight excluding hydrogens is 381 g/mol. The molecule has 0 aliphatic carbocycles. The van der Waals surface area contributed by atoms with Gasteiger partial charge in [0, 0.05) is 19.7 Å². The number of rotatable bonds is 5. The number of hydrogen-bond acceptors (Lipinski definition) is 3. The summed E-state index contributed by atoms with van der Waals surface area (Å²) in [5.41, 5.74) is 1.07. The Morgan fingerprint density at radius 3 is 2.71 bits per heavy atom. The topological polar surface area (TPSA) is 65.9 Å². The Bertz CT molecular complexity index is 431. The quantitative estimate of drug-likeness (QED) is 0.400. The Hall–Kier alpha value is -1.02. The highest BCUT2D eigenvalue weighted by Crippen LogP contribution is 2.11. The van der Waals surface area contributed by atoms with Crippen molar-refractivity contribution < 1.29 is 9.84 Å². The van der Waals surface area contributed by atoms with Gasteiger partial charge in [-0.1, -0.05) is 12.1 Å². The number of aliphatic imine (C=N–C) groups is 1. The zero-order valence-electron chi connectivity index (χ0n) is 12.3. The second-order valence-corrected chi connectivity index (χ2v) is 4.88. The number of nitrogens with one attached hydrogen (secondary N) is 2. The van der Waals surface area contributed by atoms with E-state index in [-0.39, 0.29) is 29.7 Å². The Labute approximate surface area is 143 Å². The molecule has 1 atom stereocenters. The predicted molar refractivity (Wildman–Crippen MR) is 95.3 cm³/mol. The largest absolute Gasteiger partial charge is 0.508 e. The molecule has 6 heteroatoms. The number of phenolic OH excluding ortho intramolecular Hbond substituents is 1. The number of ether oxygens (including phenoxy) is 1. The fourth-order valence-corrected chi connectivity index (χ4v) is 2.13. The molecular formula is C15H24IN3O2. The van der Waals surface area contributed by atoms with Gasteiger partial charge in [-0.15, -0.1) is 24.0 Å². The summed E-state index contributed by atoms with van der Waals surface area (Å²) in [6.45, 7) is 5.12. The van der Waals surface area contributed by atoms with Gasteiger partial charge < -0.3 is 20.5 Å². The van der Waals surface area contributed by atoms with Gasteiger partial charge in [-0.25, -0.2) is 4.99 Å². The van der Waals surface area contributed by atoms with Crippen molar-refractivity contribution in [2.75, 3.05) is 19.7 Å². The van der Waals surface area contributed by atoms with Crippen molar-refractivity contribution in [1.82, 2.24) is 10.6 Å². The van der Waals surface area contributed by atoms with E-state index in [1.165, 1.54) is 0 Å². The van der Waals surface area contributed by atoms with Crippen molar-refractivity contribution in [2.45, 2.75) is 32.4 Å². The maximum Gasteiger partial charge on any atom is 0.191 e. The van der Waals surface area contributed by atoms with Crippen molar-refractivity contribution in [3.63, 3.8) is 0 Å². The average Bonchev–Trinajstić information content (AvgIpc) is 2.97. The molecule has 21 heavy (non-hydrogen) atoms. The summed E-state index contributed by atoms with van der Waals surface area (Å²) < 4.78 is 5.58. The molecule has 0 amide bonds. The van der Waals surface area contributed by atoms with Gasteiger partial charge in [-0.3, -0.25) is 0 Å². The van der Waals surface area contributed by atoms with Crippen LogP contribution in [0.5, 0.6) is 5.75 Å². The minimum Gasteiger partial charge on any atom is -0.508 e.